The van der Waals surface area contributed by atoms with Gasteiger partial charge in [-0.15, -0.1) is 0 Å². The average Bonchev–Trinajstić information content (AvgIpc) is 2.63. The molecule has 0 saturated carbocycles. The molecule has 1 aliphatic heterocycles. The summed E-state index contributed by atoms with van der Waals surface area (Å²) < 4.78 is 6.76. The van der Waals surface area contributed by atoms with E-state index in [4.69, 9.17) is 4.74 Å². The summed E-state index contributed by atoms with van der Waals surface area (Å²) in [5.74, 6) is 1.44. The molecule has 0 radical (unpaired) electrons. The van der Waals surface area contributed by atoms with Crippen LogP contribution in [0.5, 0.6) is 5.75 Å². The van der Waals surface area contributed by atoms with Crippen LogP contribution >= 0.6 is 0 Å². The van der Waals surface area contributed by atoms with Crippen molar-refractivity contribution in [2.45, 2.75) is 25.4 Å². The quantitative estimate of drug-likeness (QED) is 0.902. The molecule has 1 aliphatic rings. The number of hydrogen-bond donors (Lipinski definition) is 1. The molecular formula is C18H24N4O2. The lowest BCUT2D eigenvalue weighted by Gasteiger charge is -2.32. The van der Waals surface area contributed by atoms with Gasteiger partial charge in [-0.25, -0.2) is 4.98 Å². The molecule has 0 bridgehead atoms. The summed E-state index contributed by atoms with van der Waals surface area (Å²) in [4.78, 5) is 18.5. The van der Waals surface area contributed by atoms with Crippen molar-refractivity contribution in [2.24, 2.45) is 7.05 Å². The summed E-state index contributed by atoms with van der Waals surface area (Å²) in [5.41, 5.74) is 1.22. The third-order valence-electron chi connectivity index (χ3n) is 4.55. The normalized spacial score (nSPS) is 15.5. The van der Waals surface area contributed by atoms with Gasteiger partial charge in [0.25, 0.3) is 5.56 Å². The van der Waals surface area contributed by atoms with Gasteiger partial charge in [-0.3, -0.25) is 4.79 Å². The van der Waals surface area contributed by atoms with Crippen molar-refractivity contribution in [3.63, 3.8) is 0 Å². The van der Waals surface area contributed by atoms with Crippen molar-refractivity contribution in [3.05, 3.63) is 52.6 Å². The first-order valence-corrected chi connectivity index (χ1v) is 8.30. The van der Waals surface area contributed by atoms with E-state index in [0.29, 0.717) is 11.9 Å². The maximum absolute atomic E-state index is 12.1. The van der Waals surface area contributed by atoms with Crippen LogP contribution < -0.4 is 20.5 Å². The Balaban J connectivity index is 1.51. The Morgan fingerprint density at radius 1 is 1.25 bits per heavy atom. The zero-order chi connectivity index (χ0) is 16.9. The van der Waals surface area contributed by atoms with Gasteiger partial charge in [0.15, 0.2) is 5.82 Å². The minimum atomic E-state index is -0.0258. The summed E-state index contributed by atoms with van der Waals surface area (Å²) in [6.07, 6.45) is 5.39. The van der Waals surface area contributed by atoms with Gasteiger partial charge in [-0.2, -0.15) is 0 Å². The number of methoxy groups -OCH3 is 1. The molecule has 2 heterocycles. The van der Waals surface area contributed by atoms with E-state index >= 15 is 0 Å². The first-order valence-electron chi connectivity index (χ1n) is 8.30. The molecular weight excluding hydrogens is 304 g/mol. The van der Waals surface area contributed by atoms with Crippen LogP contribution in [0.4, 0.5) is 5.82 Å². The predicted octanol–water partition coefficient (Wildman–Crippen LogP) is 1.55. The number of piperidine rings is 1. The van der Waals surface area contributed by atoms with Crippen LogP contribution in [0.3, 0.4) is 0 Å². The van der Waals surface area contributed by atoms with Crippen LogP contribution in [-0.2, 0) is 13.6 Å². The van der Waals surface area contributed by atoms with E-state index in [2.05, 4.69) is 27.3 Å². The zero-order valence-corrected chi connectivity index (χ0v) is 14.2. The Kier molecular flexibility index (Phi) is 5.15. The molecule has 1 fully saturated rings. The highest BCUT2D eigenvalue weighted by molar-refractivity contribution is 5.36. The standard InChI is InChI=1S/C18H24N4O2/c1-21-12-9-19-17(18(21)23)22-10-7-15(8-11-22)20-13-14-3-5-16(24-2)6-4-14/h3-6,9,12,15,20H,7-8,10-11,13H2,1-2H3. The lowest BCUT2D eigenvalue weighted by atomic mass is 10.0. The third-order valence-corrected chi connectivity index (χ3v) is 4.55. The molecule has 3 rings (SSSR count). The summed E-state index contributed by atoms with van der Waals surface area (Å²) in [7, 11) is 3.44. The van der Waals surface area contributed by atoms with Crippen molar-refractivity contribution >= 4 is 5.82 Å². The number of aryl methyl sites for hydroxylation is 1. The third kappa shape index (κ3) is 3.76. The molecule has 6 nitrogen and oxygen atoms in total. The molecule has 0 amide bonds. The minimum Gasteiger partial charge on any atom is -0.497 e. The van der Waals surface area contributed by atoms with E-state index in [1.807, 2.05) is 12.1 Å². The molecule has 1 aromatic heterocycles. The smallest absolute Gasteiger partial charge is 0.293 e. The second kappa shape index (κ2) is 7.49. The van der Waals surface area contributed by atoms with Gasteiger partial charge >= 0.3 is 0 Å². The molecule has 6 heteroatoms. The Bertz CT molecular complexity index is 719. The number of hydrogen-bond acceptors (Lipinski definition) is 5. The van der Waals surface area contributed by atoms with Gasteiger partial charge in [-0.05, 0) is 30.5 Å². The van der Waals surface area contributed by atoms with Crippen molar-refractivity contribution in [3.8, 4) is 5.75 Å². The van der Waals surface area contributed by atoms with Crippen LogP contribution in [0.15, 0.2) is 41.5 Å². The summed E-state index contributed by atoms with van der Waals surface area (Å²) in [5, 5.41) is 3.60. The summed E-state index contributed by atoms with van der Waals surface area (Å²) in [6, 6.07) is 8.60. The second-order valence-electron chi connectivity index (χ2n) is 6.16. The Hall–Kier alpha value is -2.34. The molecule has 0 spiro atoms. The summed E-state index contributed by atoms with van der Waals surface area (Å²) >= 11 is 0. The zero-order valence-electron chi connectivity index (χ0n) is 14.2. The Morgan fingerprint density at radius 3 is 2.62 bits per heavy atom. The van der Waals surface area contributed by atoms with E-state index in [0.717, 1.165) is 38.2 Å². The molecule has 0 unspecified atom stereocenters. The van der Waals surface area contributed by atoms with E-state index in [1.54, 1.807) is 31.1 Å². The first kappa shape index (κ1) is 16.5. The van der Waals surface area contributed by atoms with Gasteiger partial charge in [0, 0.05) is 45.1 Å². The minimum absolute atomic E-state index is 0.0258. The number of anilines is 1. The fourth-order valence-corrected chi connectivity index (χ4v) is 3.00. The highest BCUT2D eigenvalue weighted by atomic mass is 16.5. The molecule has 1 saturated heterocycles. The SMILES string of the molecule is COc1ccc(CNC2CCN(c3nccn(C)c3=O)CC2)cc1. The molecule has 24 heavy (non-hydrogen) atoms. The lowest BCUT2D eigenvalue weighted by molar-refractivity contribution is 0.409. The number of benzene rings is 1. The van der Waals surface area contributed by atoms with Gasteiger partial charge in [0.05, 0.1) is 7.11 Å². The predicted molar refractivity (Wildman–Crippen MR) is 94.5 cm³/mol. The van der Waals surface area contributed by atoms with Crippen LogP contribution in [0.25, 0.3) is 0 Å². The number of rotatable bonds is 5. The van der Waals surface area contributed by atoms with E-state index in [-0.39, 0.29) is 5.56 Å². The lowest BCUT2D eigenvalue weighted by Crippen LogP contribution is -2.44. The first-order chi connectivity index (χ1) is 11.7. The highest BCUT2D eigenvalue weighted by Crippen LogP contribution is 2.16. The van der Waals surface area contributed by atoms with Gasteiger partial charge < -0.3 is 19.5 Å². The molecule has 0 atom stereocenters. The number of nitrogens with zero attached hydrogens (tertiary/aromatic N) is 3. The maximum atomic E-state index is 12.1. The van der Waals surface area contributed by atoms with E-state index < -0.39 is 0 Å². The Morgan fingerprint density at radius 2 is 1.96 bits per heavy atom. The van der Waals surface area contributed by atoms with Gasteiger partial charge in [-0.1, -0.05) is 12.1 Å². The monoisotopic (exact) mass is 328 g/mol. The Labute approximate surface area is 142 Å². The maximum Gasteiger partial charge on any atom is 0.293 e. The van der Waals surface area contributed by atoms with Crippen LogP contribution in [0.1, 0.15) is 18.4 Å². The number of nitrogens with one attached hydrogen (secondary N) is 1. The molecule has 1 aromatic carbocycles. The van der Waals surface area contributed by atoms with Crippen molar-refractivity contribution in [2.75, 3.05) is 25.1 Å². The highest BCUT2D eigenvalue weighted by Gasteiger charge is 2.21. The van der Waals surface area contributed by atoms with Gasteiger partial charge in [0.1, 0.15) is 5.75 Å². The van der Waals surface area contributed by atoms with Gasteiger partial charge in [0.2, 0.25) is 0 Å². The summed E-state index contributed by atoms with van der Waals surface area (Å²) in [6.45, 7) is 2.55. The number of aromatic nitrogens is 2. The molecule has 1 N–H and O–H groups in total. The molecule has 0 aliphatic carbocycles. The molecule has 128 valence electrons. The largest absolute Gasteiger partial charge is 0.497 e. The van der Waals surface area contributed by atoms with Crippen LogP contribution in [0.2, 0.25) is 0 Å². The van der Waals surface area contributed by atoms with E-state index in [9.17, 15) is 4.79 Å². The fourth-order valence-electron chi connectivity index (χ4n) is 3.00. The molecule has 2 aromatic rings. The van der Waals surface area contributed by atoms with Crippen molar-refractivity contribution < 1.29 is 4.74 Å². The average molecular weight is 328 g/mol. The number of ether oxygens (including phenoxy) is 1. The van der Waals surface area contributed by atoms with Crippen LogP contribution in [0, 0.1) is 0 Å². The fraction of sp³-hybridized carbons (Fsp3) is 0.444. The topological polar surface area (TPSA) is 59.4 Å². The van der Waals surface area contributed by atoms with Crippen LogP contribution in [-0.4, -0.2) is 35.8 Å². The van der Waals surface area contributed by atoms with Crippen molar-refractivity contribution in [1.29, 1.82) is 0 Å². The second-order valence-corrected chi connectivity index (χ2v) is 6.16. The van der Waals surface area contributed by atoms with Crippen molar-refractivity contribution in [1.82, 2.24) is 14.9 Å². The van der Waals surface area contributed by atoms with E-state index in [1.165, 1.54) is 5.56 Å².